The Morgan fingerprint density at radius 3 is 2.26 bits per heavy atom. The molecule has 290 valence electrons. The molecule has 3 atom stereocenters. The van der Waals surface area contributed by atoms with Gasteiger partial charge in [-0.2, -0.15) is 0 Å². The van der Waals surface area contributed by atoms with Gasteiger partial charge in [-0.1, -0.05) is 62.4 Å². The van der Waals surface area contributed by atoms with Crippen LogP contribution in [0.3, 0.4) is 0 Å². The van der Waals surface area contributed by atoms with Crippen molar-refractivity contribution in [3.8, 4) is 0 Å². The molecule has 15 heteroatoms. The summed E-state index contributed by atoms with van der Waals surface area (Å²) in [7, 11) is 1.18. The van der Waals surface area contributed by atoms with Crippen LogP contribution in [0.4, 0.5) is 10.5 Å². The van der Waals surface area contributed by atoms with E-state index in [9.17, 15) is 33.9 Å². The number of aliphatic hydroxyl groups is 1. The molecule has 4 amide bonds. The Hall–Kier alpha value is -5.02. The first-order valence-electron chi connectivity index (χ1n) is 17.8. The number of hydrogen-bond acceptors (Lipinski definition) is 11. The van der Waals surface area contributed by atoms with Crippen LogP contribution < -0.4 is 21.3 Å². The molecule has 3 rings (SSSR count). The van der Waals surface area contributed by atoms with E-state index in [-0.39, 0.29) is 49.0 Å². The molecule has 1 saturated carbocycles. The zero-order valence-corrected chi connectivity index (χ0v) is 31.0. The number of carbonyl (C=O) groups excluding carboxylic acids is 6. The third kappa shape index (κ3) is 14.5. The summed E-state index contributed by atoms with van der Waals surface area (Å²) in [5, 5.41) is 21.3. The van der Waals surface area contributed by atoms with Crippen molar-refractivity contribution in [3.63, 3.8) is 0 Å². The van der Waals surface area contributed by atoms with Crippen LogP contribution in [0, 0.1) is 5.92 Å². The molecule has 0 saturated heterocycles. The van der Waals surface area contributed by atoms with Gasteiger partial charge >= 0.3 is 18.0 Å². The number of amides is 4. The number of rotatable bonds is 17. The van der Waals surface area contributed by atoms with Gasteiger partial charge < -0.3 is 40.0 Å². The zero-order chi connectivity index (χ0) is 39.0. The lowest BCUT2D eigenvalue weighted by molar-refractivity contribution is -0.145. The smallest absolute Gasteiger partial charge is 0.412 e. The predicted molar refractivity (Wildman–Crippen MR) is 194 cm³/mol. The van der Waals surface area contributed by atoms with Gasteiger partial charge in [-0.05, 0) is 63.8 Å². The minimum atomic E-state index is -1.83. The first-order chi connectivity index (χ1) is 25.2. The Balaban J connectivity index is 1.86. The van der Waals surface area contributed by atoms with Crippen molar-refractivity contribution in [2.24, 2.45) is 5.92 Å². The van der Waals surface area contributed by atoms with E-state index >= 15 is 0 Å². The van der Waals surface area contributed by atoms with Gasteiger partial charge in [0, 0.05) is 5.56 Å². The standard InChI is InChI=1S/C38H52N4O11/c1-6-52-31(43)21-39-35(47)32(44)30(23-51-22-25-15-11-8-12-16-25)41-34(46)29(19-24-13-9-7-10-14-24)40-33(45)26-17-18-27(36(48)50-5)28(20-26)42-37(49)53-38(2,3)4/h8,11-12,15-18,20,24,29-30,32,44H,6-7,9-10,13-14,19,21-23H2,1-5H3,(H,39,47)(H,40,45)(H,41,46)(H,42,49)/t29-,30-,32?/m0/s1. The number of benzene rings is 2. The molecule has 0 radical (unpaired) electrons. The van der Waals surface area contributed by atoms with Crippen LogP contribution in [0.25, 0.3) is 0 Å². The van der Waals surface area contributed by atoms with E-state index in [1.54, 1.807) is 27.7 Å². The number of aliphatic hydroxyl groups excluding tert-OH is 1. The Morgan fingerprint density at radius 2 is 1.62 bits per heavy atom. The van der Waals surface area contributed by atoms with E-state index in [4.69, 9.17) is 18.9 Å². The van der Waals surface area contributed by atoms with E-state index in [1.165, 1.54) is 25.3 Å². The SMILES string of the molecule is CCOC(=O)CNC(=O)C(O)[C@H](COCc1ccccc1)NC(=O)[C@H](CC1CCCCC1)NC(=O)c1ccc(C(=O)OC)c(NC(=O)OC(C)(C)C)c1. The molecular formula is C38H52N4O11. The lowest BCUT2D eigenvalue weighted by atomic mass is 9.84. The highest BCUT2D eigenvalue weighted by molar-refractivity contribution is 6.04. The number of methoxy groups -OCH3 is 1. The molecule has 0 spiro atoms. The zero-order valence-electron chi connectivity index (χ0n) is 31.0. The quantitative estimate of drug-likeness (QED) is 0.117. The van der Waals surface area contributed by atoms with Gasteiger partial charge in [-0.25, -0.2) is 9.59 Å². The maximum Gasteiger partial charge on any atom is 0.412 e. The van der Waals surface area contributed by atoms with Crippen molar-refractivity contribution in [1.29, 1.82) is 0 Å². The number of nitrogens with one attached hydrogen (secondary N) is 4. The number of hydrogen-bond donors (Lipinski definition) is 5. The number of anilines is 1. The Kier molecular flexibility index (Phi) is 16.7. The molecular weight excluding hydrogens is 688 g/mol. The average Bonchev–Trinajstić information content (AvgIpc) is 3.12. The van der Waals surface area contributed by atoms with Crippen molar-refractivity contribution >= 4 is 41.4 Å². The summed E-state index contributed by atoms with van der Waals surface area (Å²) in [6, 6.07) is 10.7. The molecule has 2 aromatic carbocycles. The third-order valence-electron chi connectivity index (χ3n) is 8.34. The summed E-state index contributed by atoms with van der Waals surface area (Å²) in [6.45, 7) is 6.08. The van der Waals surface area contributed by atoms with Crippen LogP contribution in [0.2, 0.25) is 0 Å². The molecule has 5 N–H and O–H groups in total. The summed E-state index contributed by atoms with van der Waals surface area (Å²) in [5.41, 5.74) is -0.0741. The van der Waals surface area contributed by atoms with Crippen molar-refractivity contribution in [3.05, 3.63) is 65.2 Å². The molecule has 1 unspecified atom stereocenters. The summed E-state index contributed by atoms with van der Waals surface area (Å²) >= 11 is 0. The summed E-state index contributed by atoms with van der Waals surface area (Å²) in [4.78, 5) is 77.6. The van der Waals surface area contributed by atoms with E-state index in [1.807, 2.05) is 30.3 Å². The van der Waals surface area contributed by atoms with Crippen molar-refractivity contribution in [1.82, 2.24) is 16.0 Å². The topological polar surface area (TPSA) is 208 Å². The largest absolute Gasteiger partial charge is 0.465 e. The van der Waals surface area contributed by atoms with E-state index in [2.05, 4.69) is 21.3 Å². The summed E-state index contributed by atoms with van der Waals surface area (Å²) in [6.07, 6.45) is 2.27. The molecule has 0 heterocycles. The van der Waals surface area contributed by atoms with Gasteiger partial charge in [0.05, 0.1) is 44.2 Å². The van der Waals surface area contributed by atoms with Crippen molar-refractivity contribution in [2.75, 3.05) is 32.2 Å². The maximum absolute atomic E-state index is 14.0. The molecule has 0 aromatic heterocycles. The Labute approximate surface area is 309 Å². The van der Waals surface area contributed by atoms with E-state index < -0.39 is 66.1 Å². The molecule has 0 aliphatic heterocycles. The highest BCUT2D eigenvalue weighted by Gasteiger charge is 2.33. The van der Waals surface area contributed by atoms with Gasteiger partial charge in [0.2, 0.25) is 5.91 Å². The Morgan fingerprint density at radius 1 is 0.925 bits per heavy atom. The second-order valence-corrected chi connectivity index (χ2v) is 13.7. The lowest BCUT2D eigenvalue weighted by Crippen LogP contribution is -2.57. The first kappa shape index (κ1) is 42.4. The maximum atomic E-state index is 14.0. The fourth-order valence-electron chi connectivity index (χ4n) is 5.75. The highest BCUT2D eigenvalue weighted by Crippen LogP contribution is 2.28. The monoisotopic (exact) mass is 740 g/mol. The van der Waals surface area contributed by atoms with Gasteiger partial charge in [0.1, 0.15) is 18.2 Å². The minimum Gasteiger partial charge on any atom is -0.465 e. The number of esters is 2. The van der Waals surface area contributed by atoms with Crippen molar-refractivity contribution in [2.45, 2.75) is 96.6 Å². The fraction of sp³-hybridized carbons (Fsp3) is 0.526. The molecule has 1 aliphatic rings. The van der Waals surface area contributed by atoms with Gasteiger partial charge in [-0.15, -0.1) is 0 Å². The highest BCUT2D eigenvalue weighted by atomic mass is 16.6. The first-order valence-corrected chi connectivity index (χ1v) is 17.8. The van der Waals surface area contributed by atoms with Crippen LogP contribution in [-0.4, -0.2) is 91.5 Å². The van der Waals surface area contributed by atoms with E-state index in [0.717, 1.165) is 37.7 Å². The van der Waals surface area contributed by atoms with Gasteiger partial charge in [-0.3, -0.25) is 24.5 Å². The molecule has 0 bridgehead atoms. The van der Waals surface area contributed by atoms with Crippen LogP contribution in [0.1, 0.15) is 92.5 Å². The predicted octanol–water partition coefficient (Wildman–Crippen LogP) is 3.63. The second kappa shape index (κ2) is 20.9. The molecule has 53 heavy (non-hydrogen) atoms. The lowest BCUT2D eigenvalue weighted by Gasteiger charge is -2.29. The number of ether oxygens (including phenoxy) is 4. The minimum absolute atomic E-state index is 0.0197. The summed E-state index contributed by atoms with van der Waals surface area (Å²) < 4.78 is 20.8. The average molecular weight is 741 g/mol. The van der Waals surface area contributed by atoms with Crippen molar-refractivity contribution < 1.29 is 52.8 Å². The Bertz CT molecular complexity index is 1550. The molecule has 1 fully saturated rings. The van der Waals surface area contributed by atoms with Crippen LogP contribution in [0.15, 0.2) is 48.5 Å². The van der Waals surface area contributed by atoms with Crippen LogP contribution in [-0.2, 0) is 39.9 Å². The van der Waals surface area contributed by atoms with Gasteiger partial charge in [0.25, 0.3) is 11.8 Å². The second-order valence-electron chi connectivity index (χ2n) is 13.7. The summed E-state index contributed by atoms with van der Waals surface area (Å²) in [5.74, 6) is -3.65. The third-order valence-corrected chi connectivity index (χ3v) is 8.34. The van der Waals surface area contributed by atoms with E-state index in [0.29, 0.717) is 0 Å². The fourth-order valence-corrected chi connectivity index (χ4v) is 5.75. The number of carbonyl (C=O) groups is 6. The normalized spacial score (nSPS) is 14.8. The van der Waals surface area contributed by atoms with Gasteiger partial charge in [0.15, 0.2) is 6.10 Å². The molecule has 1 aliphatic carbocycles. The van der Waals surface area contributed by atoms with Crippen LogP contribution >= 0.6 is 0 Å². The molecule has 15 nitrogen and oxygen atoms in total. The molecule has 2 aromatic rings. The van der Waals surface area contributed by atoms with Crippen LogP contribution in [0.5, 0.6) is 0 Å².